The molecule has 0 aliphatic heterocycles. The molecule has 0 amide bonds. The van der Waals surface area contributed by atoms with Gasteiger partial charge in [0.05, 0.1) is 0 Å². The van der Waals surface area contributed by atoms with Crippen LogP contribution in [0.15, 0.2) is 45.1 Å². The average Bonchev–Trinajstić information content (AvgIpc) is 2.82. The zero-order chi connectivity index (χ0) is 28.7. The number of hydrogen-bond donors (Lipinski definition) is 0. The molecule has 0 heterocycles. The van der Waals surface area contributed by atoms with Crippen LogP contribution in [0.25, 0.3) is 0 Å². The summed E-state index contributed by atoms with van der Waals surface area (Å²) in [5.74, 6) is 0.354. The van der Waals surface area contributed by atoms with E-state index in [0.717, 1.165) is 6.42 Å². The molecule has 0 saturated carbocycles. The van der Waals surface area contributed by atoms with Crippen LogP contribution in [0.4, 0.5) is 0 Å². The topological polar surface area (TPSA) is 9.23 Å². The second-order valence-corrected chi connectivity index (χ2v) is 31.0. The van der Waals surface area contributed by atoms with Crippen LogP contribution in [0, 0.1) is 5.92 Å². The van der Waals surface area contributed by atoms with Crippen molar-refractivity contribution in [1.29, 1.82) is 0 Å². The molecule has 2 atom stereocenters. The summed E-state index contributed by atoms with van der Waals surface area (Å²) in [7, 11) is -1.84. The molecule has 0 bridgehead atoms. The van der Waals surface area contributed by atoms with Gasteiger partial charge in [-0.1, -0.05) is 20.8 Å². The summed E-state index contributed by atoms with van der Waals surface area (Å²) in [6.45, 7) is 30.2. The number of hydrogen-bond acceptors (Lipinski definition) is 1. The van der Waals surface area contributed by atoms with E-state index in [9.17, 15) is 0 Å². The molecule has 0 spiro atoms. The van der Waals surface area contributed by atoms with Gasteiger partial charge in [0.15, 0.2) is 0 Å². The maximum absolute atomic E-state index is 6.91. The van der Waals surface area contributed by atoms with Gasteiger partial charge in [-0.2, -0.15) is 0 Å². The van der Waals surface area contributed by atoms with Gasteiger partial charge in [-0.05, 0) is 0 Å². The Bertz CT molecular complexity index is 728. The van der Waals surface area contributed by atoms with Crippen molar-refractivity contribution in [3.05, 3.63) is 45.1 Å². The predicted molar refractivity (Wildman–Crippen MR) is 177 cm³/mol. The predicted octanol–water partition coefficient (Wildman–Crippen LogP) is 12.2. The normalized spacial score (nSPS) is 16.5. The first-order valence-corrected chi connectivity index (χ1v) is 26.1. The summed E-state index contributed by atoms with van der Waals surface area (Å²) >= 11 is -2.21. The summed E-state index contributed by atoms with van der Waals surface area (Å²) in [5, 5.41) is 0.215. The Kier molecular flexibility index (Phi) is 18.3. The fourth-order valence-corrected chi connectivity index (χ4v) is 22.2. The monoisotopic (exact) mass is 638 g/mol. The van der Waals surface area contributed by atoms with E-state index < -0.39 is 26.7 Å². The first-order valence-electron chi connectivity index (χ1n) is 15.5. The van der Waals surface area contributed by atoms with E-state index in [1.165, 1.54) is 49.7 Å². The van der Waals surface area contributed by atoms with Gasteiger partial charge in [-0.25, -0.2) is 0 Å². The van der Waals surface area contributed by atoms with Crippen LogP contribution in [0.2, 0.25) is 31.4 Å². The Labute approximate surface area is 239 Å². The van der Waals surface area contributed by atoms with Crippen molar-refractivity contribution in [2.45, 2.75) is 159 Å². The first-order chi connectivity index (χ1) is 17.2. The van der Waals surface area contributed by atoms with Crippen LogP contribution in [0.1, 0.15) is 121 Å². The summed E-state index contributed by atoms with van der Waals surface area (Å²) < 4.78 is 14.5. The fraction of sp³-hybridized carbons (Fsp3) is 0.765. The van der Waals surface area contributed by atoms with Gasteiger partial charge in [0.1, 0.15) is 0 Å². The summed E-state index contributed by atoms with van der Waals surface area (Å²) in [6, 6.07) is 0. The summed E-state index contributed by atoms with van der Waals surface area (Å²) in [6.07, 6.45) is 19.0. The van der Waals surface area contributed by atoms with Gasteiger partial charge in [0, 0.05) is 0 Å². The third-order valence-electron chi connectivity index (χ3n) is 8.59. The fourth-order valence-electron chi connectivity index (χ4n) is 5.02. The molecule has 0 unspecified atom stereocenters. The van der Waals surface area contributed by atoms with Crippen LogP contribution < -0.4 is 0 Å². The van der Waals surface area contributed by atoms with E-state index >= 15 is 0 Å². The van der Waals surface area contributed by atoms with Gasteiger partial charge >= 0.3 is 220 Å². The van der Waals surface area contributed by atoms with Crippen LogP contribution in [-0.2, 0) is 4.43 Å². The molecule has 0 fully saturated rings. The van der Waals surface area contributed by atoms with Crippen molar-refractivity contribution in [3.8, 4) is 0 Å². The molecule has 1 nitrogen and oxygen atoms in total. The van der Waals surface area contributed by atoms with Crippen molar-refractivity contribution < 1.29 is 4.43 Å². The molecule has 0 aliphatic rings. The number of unbranched alkanes of at least 4 members (excludes halogenated alkanes) is 3. The van der Waals surface area contributed by atoms with Gasteiger partial charge in [-0.3, -0.25) is 0 Å². The van der Waals surface area contributed by atoms with Crippen LogP contribution in [0.5, 0.6) is 0 Å². The molecule has 0 aromatic heterocycles. The Morgan fingerprint density at radius 3 is 1.78 bits per heavy atom. The Morgan fingerprint density at radius 1 is 0.892 bits per heavy atom. The van der Waals surface area contributed by atoms with E-state index in [1.54, 1.807) is 18.9 Å². The first kappa shape index (κ1) is 36.9. The van der Waals surface area contributed by atoms with Crippen molar-refractivity contribution in [1.82, 2.24) is 0 Å². The van der Waals surface area contributed by atoms with E-state index in [2.05, 4.69) is 118 Å². The maximum atomic E-state index is 6.91. The third kappa shape index (κ3) is 14.2. The zero-order valence-electron chi connectivity index (χ0n) is 27.5. The molecule has 3 heteroatoms. The molecule has 0 saturated heterocycles. The minimum absolute atomic E-state index is 0.154. The third-order valence-corrected chi connectivity index (χ3v) is 27.8. The van der Waals surface area contributed by atoms with Crippen LogP contribution in [0.3, 0.4) is 0 Å². The van der Waals surface area contributed by atoms with Crippen molar-refractivity contribution in [3.63, 3.8) is 0 Å². The van der Waals surface area contributed by atoms with E-state index in [0.29, 0.717) is 5.92 Å². The van der Waals surface area contributed by atoms with Gasteiger partial charge in [0.25, 0.3) is 0 Å². The van der Waals surface area contributed by atoms with Crippen molar-refractivity contribution in [2.75, 3.05) is 0 Å². The summed E-state index contributed by atoms with van der Waals surface area (Å²) in [5.41, 5.74) is 4.32. The van der Waals surface area contributed by atoms with Crippen LogP contribution >= 0.6 is 0 Å². The Balaban J connectivity index is 5.63. The van der Waals surface area contributed by atoms with E-state index in [-0.39, 0.29) is 11.1 Å². The van der Waals surface area contributed by atoms with Crippen molar-refractivity contribution >= 4 is 26.7 Å². The van der Waals surface area contributed by atoms with E-state index in [4.69, 9.17) is 4.43 Å². The number of allylic oxidation sites excluding steroid dienone is 5. The van der Waals surface area contributed by atoms with Crippen molar-refractivity contribution in [2.24, 2.45) is 5.92 Å². The van der Waals surface area contributed by atoms with Crippen LogP contribution in [-0.4, -0.2) is 32.8 Å². The molecular formula is C34H66OSiSn. The van der Waals surface area contributed by atoms with Gasteiger partial charge < -0.3 is 0 Å². The molecule has 0 aromatic carbocycles. The summed E-state index contributed by atoms with van der Waals surface area (Å²) in [4.78, 5) is 0. The molecule has 0 radical (unpaired) electrons. The van der Waals surface area contributed by atoms with Gasteiger partial charge in [-0.15, -0.1) is 0 Å². The Hall–Kier alpha value is -0.0644. The molecule has 0 rings (SSSR count). The molecule has 0 N–H and O–H groups in total. The molecule has 37 heavy (non-hydrogen) atoms. The second-order valence-electron chi connectivity index (χ2n) is 13.4. The minimum atomic E-state index is -2.21. The SMILES string of the molecule is C/C=C(\C)[C@H](O[Si](C)(C)C(C)(C)C)[C@H](C)/C=C(C)/C=C/C/C(C)=[CH]/[Sn]([CH2]CCC)([CH2]CCC)[CH2]CCC. The molecule has 0 aliphatic carbocycles. The molecule has 0 aromatic rings. The Morgan fingerprint density at radius 2 is 1.38 bits per heavy atom. The average molecular weight is 638 g/mol. The standard InChI is InChI=1S/C22H39OSi.3C4H9.Sn/c1-12-19(5)21(23-24(10,11)22(7,8)9)20(6)16-18(4)15-13-14-17(2)3;3*1-3-4-2;/h2,12-13,15-16,20-21H,14H2,1,3-11H3;3*1,3-4H2,2H3;/b15-13+,17-2?,18-16+,19-12+;;;;/t20-,21+;;;;/m1..../s1. The second kappa shape index (κ2) is 18.3. The molecule has 216 valence electrons. The van der Waals surface area contributed by atoms with Gasteiger partial charge in [0.2, 0.25) is 0 Å². The number of rotatable bonds is 18. The molecular weight excluding hydrogens is 571 g/mol. The van der Waals surface area contributed by atoms with E-state index in [1.807, 2.05) is 0 Å². The zero-order valence-corrected chi connectivity index (χ0v) is 31.4. The quantitative estimate of drug-likeness (QED) is 0.0826.